The molecule has 0 spiro atoms. The van der Waals surface area contributed by atoms with Crippen molar-refractivity contribution in [3.63, 3.8) is 0 Å². The van der Waals surface area contributed by atoms with Crippen LogP contribution in [0.5, 0.6) is 0 Å². The van der Waals surface area contributed by atoms with E-state index in [0.717, 1.165) is 25.1 Å². The van der Waals surface area contributed by atoms with Gasteiger partial charge in [0.15, 0.2) is 0 Å². The van der Waals surface area contributed by atoms with E-state index in [9.17, 15) is 4.79 Å². The monoisotopic (exact) mass is 219 g/mol. The summed E-state index contributed by atoms with van der Waals surface area (Å²) in [4.78, 5) is 14.1. The summed E-state index contributed by atoms with van der Waals surface area (Å²) >= 11 is 0. The smallest absolute Gasteiger partial charge is 0.229 e. The van der Waals surface area contributed by atoms with Gasteiger partial charge in [-0.1, -0.05) is 38.5 Å². The maximum Gasteiger partial charge on any atom is 0.229 e. The van der Waals surface area contributed by atoms with Crippen LogP contribution in [0.4, 0.5) is 5.69 Å². The summed E-state index contributed by atoms with van der Waals surface area (Å²) in [6.07, 6.45) is 2.02. The molecular formula is C14H21NO. The van der Waals surface area contributed by atoms with Crippen molar-refractivity contribution in [2.75, 3.05) is 11.4 Å². The van der Waals surface area contributed by atoms with Gasteiger partial charge in [0.05, 0.1) is 0 Å². The summed E-state index contributed by atoms with van der Waals surface area (Å²) in [6.45, 7) is 6.88. The number of nitrogens with zero attached hydrogens (tertiary/aromatic N) is 1. The lowest BCUT2D eigenvalue weighted by molar-refractivity contribution is -0.122. The Hall–Kier alpha value is -1.31. The first kappa shape index (κ1) is 12.8. The van der Waals surface area contributed by atoms with Gasteiger partial charge in [-0.3, -0.25) is 4.79 Å². The Labute approximate surface area is 98.3 Å². The van der Waals surface area contributed by atoms with Gasteiger partial charge in [0, 0.05) is 18.2 Å². The van der Waals surface area contributed by atoms with Crippen LogP contribution in [0.25, 0.3) is 0 Å². The summed E-state index contributed by atoms with van der Waals surface area (Å²) in [5.74, 6) is 0.348. The summed E-state index contributed by atoms with van der Waals surface area (Å²) in [7, 11) is 0. The minimum absolute atomic E-state index is 0.116. The zero-order chi connectivity index (χ0) is 12.0. The number of benzene rings is 1. The number of anilines is 1. The zero-order valence-electron chi connectivity index (χ0n) is 10.4. The van der Waals surface area contributed by atoms with Gasteiger partial charge in [-0.2, -0.15) is 0 Å². The van der Waals surface area contributed by atoms with Gasteiger partial charge in [-0.15, -0.1) is 0 Å². The molecule has 2 nitrogen and oxygen atoms in total. The normalized spacial score (nSPS) is 12.2. The highest BCUT2D eigenvalue weighted by atomic mass is 16.2. The van der Waals surface area contributed by atoms with E-state index in [1.807, 2.05) is 49.1 Å². The predicted molar refractivity (Wildman–Crippen MR) is 68.5 cm³/mol. The molecule has 2 heteroatoms. The van der Waals surface area contributed by atoms with Crippen molar-refractivity contribution < 1.29 is 4.79 Å². The maximum atomic E-state index is 12.2. The third kappa shape index (κ3) is 3.09. The highest BCUT2D eigenvalue weighted by Crippen LogP contribution is 2.18. The van der Waals surface area contributed by atoms with Crippen molar-refractivity contribution >= 4 is 11.6 Å². The average Bonchev–Trinajstić information content (AvgIpc) is 2.31. The largest absolute Gasteiger partial charge is 0.312 e. The highest BCUT2D eigenvalue weighted by molar-refractivity contribution is 5.94. The van der Waals surface area contributed by atoms with Gasteiger partial charge < -0.3 is 4.90 Å². The molecule has 0 fully saturated rings. The lowest BCUT2D eigenvalue weighted by Gasteiger charge is -2.24. The lowest BCUT2D eigenvalue weighted by atomic mass is 10.0. The Morgan fingerprint density at radius 1 is 1.25 bits per heavy atom. The fourth-order valence-electron chi connectivity index (χ4n) is 1.90. The van der Waals surface area contributed by atoms with E-state index in [1.54, 1.807) is 0 Å². The quantitative estimate of drug-likeness (QED) is 0.742. The predicted octanol–water partition coefficient (Wildman–Crippen LogP) is 3.48. The summed E-state index contributed by atoms with van der Waals surface area (Å²) in [5.41, 5.74) is 0.998. The van der Waals surface area contributed by atoms with Gasteiger partial charge in [0.25, 0.3) is 0 Å². The number of para-hydroxylation sites is 1. The van der Waals surface area contributed by atoms with Crippen LogP contribution in [0.15, 0.2) is 30.3 Å². The highest BCUT2D eigenvalue weighted by Gasteiger charge is 2.19. The van der Waals surface area contributed by atoms with Crippen molar-refractivity contribution in [1.29, 1.82) is 0 Å². The third-order valence-corrected chi connectivity index (χ3v) is 2.79. The van der Waals surface area contributed by atoms with Crippen LogP contribution in [0, 0.1) is 5.92 Å². The van der Waals surface area contributed by atoms with E-state index < -0.39 is 0 Å². The van der Waals surface area contributed by atoms with Gasteiger partial charge in [0.2, 0.25) is 5.91 Å². The molecular weight excluding hydrogens is 198 g/mol. The second kappa shape index (κ2) is 6.31. The van der Waals surface area contributed by atoms with E-state index in [4.69, 9.17) is 0 Å². The maximum absolute atomic E-state index is 12.2. The fraction of sp³-hybridized carbons (Fsp3) is 0.500. The van der Waals surface area contributed by atoms with Crippen LogP contribution in [-0.2, 0) is 4.79 Å². The number of amides is 1. The first-order chi connectivity index (χ1) is 7.70. The molecule has 0 N–H and O–H groups in total. The Morgan fingerprint density at radius 3 is 2.38 bits per heavy atom. The molecule has 0 saturated heterocycles. The molecule has 1 amide bonds. The molecule has 0 aliphatic carbocycles. The van der Waals surface area contributed by atoms with Crippen LogP contribution < -0.4 is 4.90 Å². The number of rotatable bonds is 5. The van der Waals surface area contributed by atoms with Crippen LogP contribution >= 0.6 is 0 Å². The minimum Gasteiger partial charge on any atom is -0.312 e. The number of carbonyl (C=O) groups excluding carboxylic acids is 1. The number of carbonyl (C=O) groups is 1. The molecule has 16 heavy (non-hydrogen) atoms. The third-order valence-electron chi connectivity index (χ3n) is 2.79. The molecule has 0 bridgehead atoms. The molecule has 0 radical (unpaired) electrons. The molecule has 1 aromatic rings. The minimum atomic E-state index is 0.116. The molecule has 1 rings (SSSR count). The first-order valence-electron chi connectivity index (χ1n) is 6.07. The van der Waals surface area contributed by atoms with Crippen LogP contribution in [-0.4, -0.2) is 12.5 Å². The standard InChI is InChI=1S/C14H21NO/c1-4-9-12(3)14(16)15(5-2)13-10-7-6-8-11-13/h6-8,10-12H,4-5,9H2,1-3H3. The molecule has 0 heterocycles. The molecule has 1 aromatic carbocycles. The molecule has 1 atom stereocenters. The Kier molecular flexibility index (Phi) is 5.03. The Bertz CT molecular complexity index is 321. The van der Waals surface area contributed by atoms with Crippen LogP contribution in [0.3, 0.4) is 0 Å². The van der Waals surface area contributed by atoms with Crippen molar-refractivity contribution in [3.8, 4) is 0 Å². The molecule has 0 aliphatic heterocycles. The SMILES string of the molecule is CCCC(C)C(=O)N(CC)c1ccccc1. The second-order valence-electron chi connectivity index (χ2n) is 4.11. The lowest BCUT2D eigenvalue weighted by Crippen LogP contribution is -2.35. The van der Waals surface area contributed by atoms with E-state index in [2.05, 4.69) is 6.92 Å². The molecule has 0 aliphatic rings. The van der Waals surface area contributed by atoms with Crippen molar-refractivity contribution in [1.82, 2.24) is 0 Å². The van der Waals surface area contributed by atoms with Crippen LogP contribution in [0.2, 0.25) is 0 Å². The average molecular weight is 219 g/mol. The van der Waals surface area contributed by atoms with Crippen molar-refractivity contribution in [3.05, 3.63) is 30.3 Å². The zero-order valence-corrected chi connectivity index (χ0v) is 10.4. The van der Waals surface area contributed by atoms with Crippen molar-refractivity contribution in [2.45, 2.75) is 33.6 Å². The topological polar surface area (TPSA) is 20.3 Å². The van der Waals surface area contributed by atoms with E-state index >= 15 is 0 Å². The van der Waals surface area contributed by atoms with E-state index in [1.165, 1.54) is 0 Å². The van der Waals surface area contributed by atoms with Crippen LogP contribution in [0.1, 0.15) is 33.6 Å². The number of hydrogen-bond donors (Lipinski definition) is 0. The first-order valence-corrected chi connectivity index (χ1v) is 6.07. The van der Waals surface area contributed by atoms with Crippen molar-refractivity contribution in [2.24, 2.45) is 5.92 Å². The van der Waals surface area contributed by atoms with E-state index in [0.29, 0.717) is 0 Å². The summed E-state index contributed by atoms with van der Waals surface area (Å²) < 4.78 is 0. The molecule has 0 saturated carbocycles. The van der Waals surface area contributed by atoms with Gasteiger partial charge >= 0.3 is 0 Å². The Balaban J connectivity index is 2.79. The van der Waals surface area contributed by atoms with Gasteiger partial charge in [-0.05, 0) is 25.5 Å². The van der Waals surface area contributed by atoms with E-state index in [-0.39, 0.29) is 11.8 Å². The van der Waals surface area contributed by atoms with Gasteiger partial charge in [-0.25, -0.2) is 0 Å². The molecule has 1 unspecified atom stereocenters. The second-order valence-corrected chi connectivity index (χ2v) is 4.11. The van der Waals surface area contributed by atoms with Gasteiger partial charge in [0.1, 0.15) is 0 Å². The number of hydrogen-bond acceptors (Lipinski definition) is 1. The molecule has 88 valence electrons. The fourth-order valence-corrected chi connectivity index (χ4v) is 1.90. The Morgan fingerprint density at radius 2 is 1.88 bits per heavy atom. The summed E-state index contributed by atoms with van der Waals surface area (Å²) in [6, 6.07) is 9.88. The summed E-state index contributed by atoms with van der Waals surface area (Å²) in [5, 5.41) is 0. The molecule has 0 aromatic heterocycles.